The Morgan fingerprint density at radius 3 is 2.84 bits per heavy atom. The van der Waals surface area contributed by atoms with Crippen molar-refractivity contribution in [2.45, 2.75) is 25.4 Å². The van der Waals surface area contributed by atoms with E-state index < -0.39 is 17.5 Å². The number of methoxy groups -OCH3 is 1. The van der Waals surface area contributed by atoms with Crippen LogP contribution in [0.4, 0.5) is 0 Å². The lowest BCUT2D eigenvalue weighted by atomic mass is 10.0. The third-order valence-electron chi connectivity index (χ3n) is 3.36. The fourth-order valence-corrected chi connectivity index (χ4v) is 2.32. The molecule has 0 aromatic carbocycles. The van der Waals surface area contributed by atoms with Crippen LogP contribution < -0.4 is 17.1 Å². The average Bonchev–Trinajstić information content (AvgIpc) is 2.67. The minimum atomic E-state index is -0.621. The van der Waals surface area contributed by atoms with Gasteiger partial charge in [-0.05, 0) is 0 Å². The van der Waals surface area contributed by atoms with Gasteiger partial charge in [-0.2, -0.15) is 0 Å². The molecule has 3 N–H and O–H groups in total. The van der Waals surface area contributed by atoms with Crippen molar-refractivity contribution in [2.24, 2.45) is 11.8 Å². The van der Waals surface area contributed by atoms with Crippen LogP contribution in [0.15, 0.2) is 21.9 Å². The molecule has 0 radical (unpaired) electrons. The molecule has 106 valence electrons. The zero-order valence-electron chi connectivity index (χ0n) is 10.7. The predicted molar refractivity (Wildman–Crippen MR) is 65.3 cm³/mol. The summed E-state index contributed by atoms with van der Waals surface area (Å²) >= 11 is 0. The van der Waals surface area contributed by atoms with Gasteiger partial charge in [-0.1, -0.05) is 6.92 Å². The molecule has 1 aliphatic rings. The Hall–Kier alpha value is -1.48. The largest absolute Gasteiger partial charge is 0.376 e. The standard InChI is InChI=1S/C11H17N3O5/c1-6-7(5-18-12)19-10(9(6)17-2)14-4-3-8(15)13-11(14)16/h3-4,6-7,9-10H,5,12H2,1-2H3,(H,13,15,16)/t6?,7-,9+,10-/m1/s1. The van der Waals surface area contributed by atoms with Gasteiger partial charge in [0.1, 0.15) is 6.10 Å². The highest BCUT2D eigenvalue weighted by atomic mass is 16.6. The predicted octanol–water partition coefficient (Wildman–Crippen LogP) is -1.02. The molecular formula is C11H17N3O5. The summed E-state index contributed by atoms with van der Waals surface area (Å²) in [6.07, 6.45) is 0.156. The molecule has 8 nitrogen and oxygen atoms in total. The summed E-state index contributed by atoms with van der Waals surface area (Å²) in [5, 5.41) is 0. The SMILES string of the molecule is CO[C@H]1C(C)[C@@H](CON)O[C@H]1n1ccc(=O)[nH]c1=O. The summed E-state index contributed by atoms with van der Waals surface area (Å²) in [5.41, 5.74) is -0.996. The molecule has 0 saturated carbocycles. The smallest absolute Gasteiger partial charge is 0.330 e. The number of nitrogens with one attached hydrogen (secondary N) is 1. The van der Waals surface area contributed by atoms with Gasteiger partial charge >= 0.3 is 5.69 Å². The van der Waals surface area contributed by atoms with Crippen molar-refractivity contribution < 1.29 is 14.3 Å². The third-order valence-corrected chi connectivity index (χ3v) is 3.36. The minimum Gasteiger partial charge on any atom is -0.376 e. The average molecular weight is 271 g/mol. The number of H-pyrrole nitrogens is 1. The monoisotopic (exact) mass is 271 g/mol. The Balaban J connectivity index is 2.32. The van der Waals surface area contributed by atoms with Crippen molar-refractivity contribution in [1.29, 1.82) is 0 Å². The van der Waals surface area contributed by atoms with Gasteiger partial charge in [-0.15, -0.1) is 0 Å². The summed E-state index contributed by atoms with van der Waals surface area (Å²) in [4.78, 5) is 29.6. The van der Waals surface area contributed by atoms with E-state index in [-0.39, 0.29) is 24.7 Å². The number of nitrogens with zero attached hydrogens (tertiary/aromatic N) is 1. The van der Waals surface area contributed by atoms with Crippen LogP contribution in [0.3, 0.4) is 0 Å². The van der Waals surface area contributed by atoms with E-state index >= 15 is 0 Å². The molecule has 19 heavy (non-hydrogen) atoms. The molecule has 0 bridgehead atoms. The van der Waals surface area contributed by atoms with E-state index in [0.717, 1.165) is 0 Å². The van der Waals surface area contributed by atoms with Crippen molar-refractivity contribution in [3.8, 4) is 0 Å². The van der Waals surface area contributed by atoms with Crippen molar-refractivity contribution in [1.82, 2.24) is 9.55 Å². The second-order valence-electron chi connectivity index (χ2n) is 4.48. The van der Waals surface area contributed by atoms with E-state index in [0.29, 0.717) is 0 Å². The van der Waals surface area contributed by atoms with Gasteiger partial charge in [-0.3, -0.25) is 14.3 Å². The van der Waals surface area contributed by atoms with Crippen LogP contribution in [0.25, 0.3) is 0 Å². The number of hydrogen-bond acceptors (Lipinski definition) is 6. The van der Waals surface area contributed by atoms with Crippen LogP contribution >= 0.6 is 0 Å². The zero-order chi connectivity index (χ0) is 14.0. The summed E-state index contributed by atoms with van der Waals surface area (Å²) in [6, 6.07) is 1.26. The molecule has 1 fully saturated rings. The molecule has 1 aromatic rings. The van der Waals surface area contributed by atoms with E-state index in [9.17, 15) is 9.59 Å². The molecule has 0 spiro atoms. The minimum absolute atomic E-state index is 0.00243. The summed E-state index contributed by atoms with van der Waals surface area (Å²) in [7, 11) is 1.54. The van der Waals surface area contributed by atoms with Crippen molar-refractivity contribution in [3.63, 3.8) is 0 Å². The zero-order valence-corrected chi connectivity index (χ0v) is 10.7. The van der Waals surface area contributed by atoms with Gasteiger partial charge in [0.05, 0.1) is 12.7 Å². The highest BCUT2D eigenvalue weighted by Gasteiger charge is 2.43. The second kappa shape index (κ2) is 5.66. The number of aromatic nitrogens is 2. The molecule has 0 aliphatic carbocycles. The first-order chi connectivity index (χ1) is 9.08. The van der Waals surface area contributed by atoms with Crippen molar-refractivity contribution in [2.75, 3.05) is 13.7 Å². The van der Waals surface area contributed by atoms with Crippen molar-refractivity contribution >= 4 is 0 Å². The van der Waals surface area contributed by atoms with Crippen LogP contribution in [0, 0.1) is 5.92 Å². The lowest BCUT2D eigenvalue weighted by Gasteiger charge is -2.20. The number of rotatable bonds is 4. The molecule has 8 heteroatoms. The molecule has 1 saturated heterocycles. The fourth-order valence-electron chi connectivity index (χ4n) is 2.32. The van der Waals surface area contributed by atoms with E-state index in [1.54, 1.807) is 7.11 Å². The Kier molecular flexibility index (Phi) is 4.15. The summed E-state index contributed by atoms with van der Waals surface area (Å²) in [6.45, 7) is 2.13. The van der Waals surface area contributed by atoms with Gasteiger partial charge in [-0.25, -0.2) is 10.7 Å². The van der Waals surface area contributed by atoms with Crippen LogP contribution in [0.5, 0.6) is 0 Å². The quantitative estimate of drug-likeness (QED) is 0.678. The lowest BCUT2D eigenvalue weighted by Crippen LogP contribution is -2.36. The Labute approximate surface area is 109 Å². The Morgan fingerprint density at radius 1 is 1.53 bits per heavy atom. The molecule has 4 atom stereocenters. The van der Waals surface area contributed by atoms with E-state index in [1.807, 2.05) is 6.92 Å². The maximum absolute atomic E-state index is 11.8. The van der Waals surface area contributed by atoms with Gasteiger partial charge in [0, 0.05) is 25.3 Å². The highest BCUT2D eigenvalue weighted by molar-refractivity contribution is 4.92. The van der Waals surface area contributed by atoms with E-state index in [1.165, 1.54) is 16.8 Å². The topological polar surface area (TPSA) is 109 Å². The molecule has 1 unspecified atom stereocenters. The third kappa shape index (κ3) is 2.61. The maximum Gasteiger partial charge on any atom is 0.330 e. The molecule has 1 aliphatic heterocycles. The second-order valence-corrected chi connectivity index (χ2v) is 4.48. The Bertz CT molecular complexity index is 540. The Morgan fingerprint density at radius 2 is 2.26 bits per heavy atom. The maximum atomic E-state index is 11.8. The molecule has 2 rings (SSSR count). The van der Waals surface area contributed by atoms with Gasteiger partial charge < -0.3 is 14.3 Å². The number of ether oxygens (including phenoxy) is 2. The fraction of sp³-hybridized carbons (Fsp3) is 0.636. The molecule has 0 amide bonds. The molecular weight excluding hydrogens is 254 g/mol. The van der Waals surface area contributed by atoms with Crippen LogP contribution in [0.2, 0.25) is 0 Å². The number of hydrogen-bond donors (Lipinski definition) is 2. The first-order valence-corrected chi connectivity index (χ1v) is 5.90. The first-order valence-electron chi connectivity index (χ1n) is 5.90. The summed E-state index contributed by atoms with van der Waals surface area (Å²) < 4.78 is 12.4. The summed E-state index contributed by atoms with van der Waals surface area (Å²) in [5.74, 6) is 5.05. The van der Waals surface area contributed by atoms with E-state index in [2.05, 4.69) is 9.82 Å². The van der Waals surface area contributed by atoms with E-state index in [4.69, 9.17) is 15.4 Å². The normalized spacial score (nSPS) is 30.7. The number of aromatic amines is 1. The first kappa shape index (κ1) is 13.9. The highest BCUT2D eigenvalue weighted by Crippen LogP contribution is 2.34. The lowest BCUT2D eigenvalue weighted by molar-refractivity contribution is -0.0717. The van der Waals surface area contributed by atoms with Gasteiger partial charge in [0.15, 0.2) is 6.23 Å². The van der Waals surface area contributed by atoms with Gasteiger partial charge in [0.25, 0.3) is 5.56 Å². The molecule has 2 heterocycles. The number of nitrogens with two attached hydrogens (primary N) is 1. The van der Waals surface area contributed by atoms with Crippen LogP contribution in [-0.2, 0) is 14.3 Å². The van der Waals surface area contributed by atoms with Crippen LogP contribution in [-0.4, -0.2) is 35.5 Å². The van der Waals surface area contributed by atoms with Crippen molar-refractivity contribution in [3.05, 3.63) is 33.1 Å². The van der Waals surface area contributed by atoms with Gasteiger partial charge in [0.2, 0.25) is 0 Å². The molecule has 1 aromatic heterocycles. The van der Waals surface area contributed by atoms with Crippen LogP contribution in [0.1, 0.15) is 13.2 Å².